The highest BCUT2D eigenvalue weighted by Gasteiger charge is 2.44. The highest BCUT2D eigenvalue weighted by Crippen LogP contribution is 2.30. The van der Waals surface area contributed by atoms with E-state index in [1.165, 1.54) is 5.56 Å². The lowest BCUT2D eigenvalue weighted by Crippen LogP contribution is -2.57. The summed E-state index contributed by atoms with van der Waals surface area (Å²) in [4.78, 5) is 0. The van der Waals surface area contributed by atoms with Crippen molar-refractivity contribution in [2.45, 2.75) is 58.3 Å². The van der Waals surface area contributed by atoms with E-state index >= 15 is 0 Å². The fourth-order valence-electron chi connectivity index (χ4n) is 4.73. The molecule has 1 aliphatic heterocycles. The lowest BCUT2D eigenvalue weighted by Gasteiger charge is -2.42. The van der Waals surface area contributed by atoms with Crippen molar-refractivity contribution in [3.8, 4) is 5.75 Å². The molecule has 0 amide bonds. The predicted molar refractivity (Wildman–Crippen MR) is 151 cm³/mol. The van der Waals surface area contributed by atoms with Crippen molar-refractivity contribution in [1.29, 1.82) is 0 Å². The van der Waals surface area contributed by atoms with Crippen molar-refractivity contribution >= 4 is 0 Å². The molecule has 202 valence electrons. The van der Waals surface area contributed by atoms with Crippen LogP contribution in [0.5, 0.6) is 5.75 Å². The fourth-order valence-corrected chi connectivity index (χ4v) is 4.73. The lowest BCUT2D eigenvalue weighted by molar-refractivity contribution is -0.278. The van der Waals surface area contributed by atoms with Gasteiger partial charge < -0.3 is 23.7 Å². The van der Waals surface area contributed by atoms with Crippen LogP contribution in [-0.2, 0) is 38.8 Å². The molecule has 4 atom stereocenters. The Balaban J connectivity index is 1.40. The maximum absolute atomic E-state index is 6.58. The van der Waals surface area contributed by atoms with Gasteiger partial charge in [-0.05, 0) is 42.2 Å². The molecule has 5 nitrogen and oxygen atoms in total. The van der Waals surface area contributed by atoms with E-state index in [0.717, 1.165) is 28.0 Å². The van der Waals surface area contributed by atoms with Gasteiger partial charge in [0.05, 0.1) is 26.4 Å². The van der Waals surface area contributed by atoms with Crippen molar-refractivity contribution in [1.82, 2.24) is 0 Å². The largest absolute Gasteiger partial charge is 0.462 e. The molecular weight excluding hydrogens is 488 g/mol. The molecule has 5 heteroatoms. The van der Waals surface area contributed by atoms with Gasteiger partial charge in [0.1, 0.15) is 24.1 Å². The zero-order chi connectivity index (χ0) is 26.9. The molecule has 0 bridgehead atoms. The van der Waals surface area contributed by atoms with Gasteiger partial charge in [0, 0.05) is 0 Å². The van der Waals surface area contributed by atoms with Crippen LogP contribution in [0.3, 0.4) is 0 Å². The van der Waals surface area contributed by atoms with Gasteiger partial charge >= 0.3 is 0 Å². The first kappa shape index (κ1) is 27.1. The molecule has 39 heavy (non-hydrogen) atoms. The summed E-state index contributed by atoms with van der Waals surface area (Å²) in [5.74, 6) is 0.768. The Morgan fingerprint density at radius 1 is 0.615 bits per heavy atom. The molecule has 4 aromatic rings. The Morgan fingerprint density at radius 2 is 1.13 bits per heavy atom. The first-order valence-corrected chi connectivity index (χ1v) is 13.5. The second-order valence-electron chi connectivity index (χ2n) is 9.95. The van der Waals surface area contributed by atoms with Crippen LogP contribution < -0.4 is 4.74 Å². The predicted octanol–water partition coefficient (Wildman–Crippen LogP) is 6.79. The molecule has 0 aliphatic carbocycles. The summed E-state index contributed by atoms with van der Waals surface area (Å²) in [6.07, 6.45) is -1.94. The minimum Gasteiger partial charge on any atom is -0.462 e. The van der Waals surface area contributed by atoms with Gasteiger partial charge in [-0.25, -0.2) is 0 Å². The molecule has 0 N–H and O–H groups in total. The molecule has 0 radical (unpaired) electrons. The fraction of sp³-hybridized carbons (Fsp3) is 0.294. The van der Waals surface area contributed by atoms with E-state index in [1.807, 2.05) is 85.8 Å². The third-order valence-electron chi connectivity index (χ3n) is 6.83. The number of benzene rings is 4. The van der Waals surface area contributed by atoms with E-state index in [-0.39, 0.29) is 6.10 Å². The maximum Gasteiger partial charge on any atom is 0.229 e. The standard InChI is InChI=1S/C34H36O5/c1-25-18-19-30(26(2)20-25)39-34-33(37-23-29-16-10-5-11-17-29)32(36-22-28-14-8-4-9-15-28)31(24-38-34)35-21-27-12-6-3-7-13-27/h3-20,31-34H,21-24H2,1-2H3/t31-,32?,33?,34+/m1/s1. The molecule has 1 fully saturated rings. The van der Waals surface area contributed by atoms with Gasteiger partial charge in [-0.2, -0.15) is 0 Å². The van der Waals surface area contributed by atoms with Gasteiger partial charge in [-0.3, -0.25) is 0 Å². The first-order valence-electron chi connectivity index (χ1n) is 13.5. The van der Waals surface area contributed by atoms with Crippen molar-refractivity contribution in [2.24, 2.45) is 0 Å². The van der Waals surface area contributed by atoms with Gasteiger partial charge in [0.2, 0.25) is 6.29 Å². The van der Waals surface area contributed by atoms with Crippen molar-refractivity contribution in [3.63, 3.8) is 0 Å². The van der Waals surface area contributed by atoms with Crippen molar-refractivity contribution in [3.05, 3.63) is 137 Å². The van der Waals surface area contributed by atoms with Crippen molar-refractivity contribution < 1.29 is 23.7 Å². The topological polar surface area (TPSA) is 46.2 Å². The summed E-state index contributed by atoms with van der Waals surface area (Å²) in [5, 5.41) is 0. The minimum absolute atomic E-state index is 0.326. The molecule has 1 saturated heterocycles. The Hall–Kier alpha value is -3.48. The molecule has 0 saturated carbocycles. The van der Waals surface area contributed by atoms with E-state index in [9.17, 15) is 0 Å². The van der Waals surface area contributed by atoms with Crippen LogP contribution in [0.4, 0.5) is 0 Å². The second-order valence-corrected chi connectivity index (χ2v) is 9.95. The van der Waals surface area contributed by atoms with Crippen LogP contribution in [-0.4, -0.2) is 31.2 Å². The normalized spacial score (nSPS) is 21.0. The molecule has 4 aromatic carbocycles. The van der Waals surface area contributed by atoms with Gasteiger partial charge in [-0.15, -0.1) is 0 Å². The highest BCUT2D eigenvalue weighted by molar-refractivity contribution is 5.35. The molecule has 1 heterocycles. The summed E-state index contributed by atoms with van der Waals surface area (Å²) < 4.78 is 32.3. The van der Waals surface area contributed by atoms with Crippen LogP contribution in [0.1, 0.15) is 27.8 Å². The van der Waals surface area contributed by atoms with Crippen molar-refractivity contribution in [2.75, 3.05) is 6.61 Å². The smallest absolute Gasteiger partial charge is 0.229 e. The Bertz CT molecular complexity index is 1280. The number of aryl methyl sites for hydroxylation is 2. The third kappa shape index (κ3) is 7.55. The molecule has 2 unspecified atom stereocenters. The zero-order valence-corrected chi connectivity index (χ0v) is 22.6. The minimum atomic E-state index is -0.660. The van der Waals surface area contributed by atoms with E-state index in [1.54, 1.807) is 0 Å². The summed E-state index contributed by atoms with van der Waals surface area (Å²) in [6.45, 7) is 5.72. The summed E-state index contributed by atoms with van der Waals surface area (Å²) >= 11 is 0. The summed E-state index contributed by atoms with van der Waals surface area (Å²) in [6, 6.07) is 36.5. The highest BCUT2D eigenvalue weighted by atomic mass is 16.7. The van der Waals surface area contributed by atoms with E-state index in [0.29, 0.717) is 26.4 Å². The summed E-state index contributed by atoms with van der Waals surface area (Å²) in [7, 11) is 0. The Morgan fingerprint density at radius 3 is 1.67 bits per heavy atom. The molecule has 0 aromatic heterocycles. The van der Waals surface area contributed by atoms with E-state index in [4.69, 9.17) is 23.7 Å². The number of ether oxygens (including phenoxy) is 5. The van der Waals surface area contributed by atoms with E-state index < -0.39 is 18.5 Å². The molecule has 1 aliphatic rings. The van der Waals surface area contributed by atoms with Gasteiger partial charge in [-0.1, -0.05) is 109 Å². The number of rotatable bonds is 11. The van der Waals surface area contributed by atoms with Gasteiger partial charge in [0.25, 0.3) is 0 Å². The molecular formula is C34H36O5. The average Bonchev–Trinajstić information content (AvgIpc) is 2.97. The quantitative estimate of drug-likeness (QED) is 0.216. The monoisotopic (exact) mass is 524 g/mol. The second kappa shape index (κ2) is 13.5. The average molecular weight is 525 g/mol. The van der Waals surface area contributed by atoms with Crippen LogP contribution >= 0.6 is 0 Å². The lowest BCUT2D eigenvalue weighted by atomic mass is 10.0. The Labute approximate surface area is 231 Å². The molecule has 5 rings (SSSR count). The van der Waals surface area contributed by atoms with Crippen LogP contribution in [0.2, 0.25) is 0 Å². The van der Waals surface area contributed by atoms with Crippen LogP contribution in [0.15, 0.2) is 109 Å². The maximum atomic E-state index is 6.58. The summed E-state index contributed by atoms with van der Waals surface area (Å²) in [5.41, 5.74) is 5.47. The van der Waals surface area contributed by atoms with Crippen LogP contribution in [0, 0.1) is 13.8 Å². The van der Waals surface area contributed by atoms with Gasteiger partial charge in [0.15, 0.2) is 0 Å². The van der Waals surface area contributed by atoms with E-state index in [2.05, 4.69) is 37.3 Å². The first-order chi connectivity index (χ1) is 19.2. The zero-order valence-electron chi connectivity index (χ0n) is 22.6. The van der Waals surface area contributed by atoms with Crippen LogP contribution in [0.25, 0.3) is 0 Å². The molecule has 0 spiro atoms. The number of hydrogen-bond donors (Lipinski definition) is 0. The number of hydrogen-bond acceptors (Lipinski definition) is 5. The SMILES string of the molecule is Cc1ccc(O[C@@H]2OC[C@@H](OCc3ccccc3)C(OCc3ccccc3)C2OCc2ccccc2)c(C)c1. The Kier molecular flexibility index (Phi) is 9.41. The third-order valence-corrected chi connectivity index (χ3v) is 6.83.